The summed E-state index contributed by atoms with van der Waals surface area (Å²) < 4.78 is 6.50. The summed E-state index contributed by atoms with van der Waals surface area (Å²) in [5, 5.41) is 3.18. The van der Waals surface area contributed by atoms with Gasteiger partial charge in [-0.1, -0.05) is 69.9 Å². The zero-order valence-corrected chi connectivity index (χ0v) is 16.2. The van der Waals surface area contributed by atoms with Crippen molar-refractivity contribution in [2.45, 2.75) is 76.7 Å². The summed E-state index contributed by atoms with van der Waals surface area (Å²) >= 11 is 3.44. The van der Waals surface area contributed by atoms with E-state index in [2.05, 4.69) is 21.2 Å². The Bertz CT molecular complexity index is 480. The molecule has 0 aromatic heterocycles. The number of amides is 1. The maximum absolute atomic E-state index is 12.2. The van der Waals surface area contributed by atoms with Crippen LogP contribution in [-0.4, -0.2) is 18.6 Å². The van der Waals surface area contributed by atoms with E-state index in [0.29, 0.717) is 11.8 Å². The SMILES string of the molecule is O=C(COc1ccccc1Br)NC1CCCCCCCCCCC1. The minimum absolute atomic E-state index is 0.0113. The Labute approximate surface area is 154 Å². The first-order valence-electron chi connectivity index (χ1n) is 9.42. The number of carbonyl (C=O) groups excluding carboxylic acids is 1. The second-order valence-electron chi connectivity index (χ2n) is 6.74. The van der Waals surface area contributed by atoms with Gasteiger partial charge in [-0.2, -0.15) is 0 Å². The van der Waals surface area contributed by atoms with Crippen molar-refractivity contribution in [3.05, 3.63) is 28.7 Å². The molecule has 0 radical (unpaired) electrons. The number of benzene rings is 1. The number of nitrogens with one attached hydrogen (secondary N) is 1. The lowest BCUT2D eigenvalue weighted by Gasteiger charge is -2.20. The number of hydrogen-bond donors (Lipinski definition) is 1. The molecule has 2 rings (SSSR count). The molecule has 1 aromatic carbocycles. The first-order valence-corrected chi connectivity index (χ1v) is 10.2. The number of carbonyl (C=O) groups is 1. The van der Waals surface area contributed by atoms with Gasteiger partial charge in [0.05, 0.1) is 4.47 Å². The smallest absolute Gasteiger partial charge is 0.258 e. The molecule has 1 aromatic rings. The molecule has 0 saturated heterocycles. The molecule has 3 nitrogen and oxygen atoms in total. The molecule has 134 valence electrons. The van der Waals surface area contributed by atoms with Gasteiger partial charge >= 0.3 is 0 Å². The van der Waals surface area contributed by atoms with Crippen LogP contribution in [0.1, 0.15) is 70.6 Å². The fraction of sp³-hybridized carbons (Fsp3) is 0.650. The van der Waals surface area contributed by atoms with Crippen LogP contribution in [0.25, 0.3) is 0 Å². The highest BCUT2D eigenvalue weighted by molar-refractivity contribution is 9.10. The second-order valence-corrected chi connectivity index (χ2v) is 7.60. The van der Waals surface area contributed by atoms with Gasteiger partial charge in [-0.25, -0.2) is 0 Å². The average Bonchev–Trinajstić information content (AvgIpc) is 2.56. The molecule has 0 unspecified atom stereocenters. The summed E-state index contributed by atoms with van der Waals surface area (Å²) in [5.74, 6) is 0.703. The van der Waals surface area contributed by atoms with E-state index in [1.165, 1.54) is 57.8 Å². The maximum atomic E-state index is 12.2. The highest BCUT2D eigenvalue weighted by Crippen LogP contribution is 2.23. The van der Waals surface area contributed by atoms with Crippen molar-refractivity contribution >= 4 is 21.8 Å². The van der Waals surface area contributed by atoms with Gasteiger partial charge in [0.25, 0.3) is 5.91 Å². The average molecular weight is 396 g/mol. The molecule has 0 atom stereocenters. The lowest BCUT2D eigenvalue weighted by atomic mass is 9.98. The second kappa shape index (κ2) is 11.5. The fourth-order valence-corrected chi connectivity index (χ4v) is 3.68. The highest BCUT2D eigenvalue weighted by atomic mass is 79.9. The number of rotatable bonds is 4. The van der Waals surface area contributed by atoms with Gasteiger partial charge in [-0.15, -0.1) is 0 Å². The van der Waals surface area contributed by atoms with E-state index < -0.39 is 0 Å². The van der Waals surface area contributed by atoms with E-state index in [4.69, 9.17) is 4.74 Å². The number of halogens is 1. The molecule has 1 amide bonds. The first kappa shape index (κ1) is 19.3. The van der Waals surface area contributed by atoms with Crippen LogP contribution in [0.3, 0.4) is 0 Å². The standard InChI is InChI=1S/C20H30BrNO2/c21-18-14-10-11-15-19(18)24-16-20(23)22-17-12-8-6-4-2-1-3-5-7-9-13-17/h10-11,14-15,17H,1-9,12-13,16H2,(H,22,23). The van der Waals surface area contributed by atoms with Gasteiger partial charge < -0.3 is 10.1 Å². The van der Waals surface area contributed by atoms with Crippen LogP contribution in [-0.2, 0) is 4.79 Å². The third-order valence-corrected chi connectivity index (χ3v) is 5.32. The van der Waals surface area contributed by atoms with Gasteiger partial charge in [-0.3, -0.25) is 4.79 Å². The maximum Gasteiger partial charge on any atom is 0.258 e. The van der Waals surface area contributed by atoms with Crippen LogP contribution < -0.4 is 10.1 Å². The molecular formula is C20H30BrNO2. The molecule has 0 bridgehead atoms. The summed E-state index contributed by atoms with van der Waals surface area (Å²) in [6.45, 7) is 0.0825. The first-order chi connectivity index (χ1) is 11.8. The molecule has 0 aliphatic heterocycles. The number of hydrogen-bond acceptors (Lipinski definition) is 2. The Balaban J connectivity index is 1.75. The Morgan fingerprint density at radius 3 is 2.08 bits per heavy atom. The van der Waals surface area contributed by atoms with Crippen molar-refractivity contribution < 1.29 is 9.53 Å². The molecule has 1 fully saturated rings. The van der Waals surface area contributed by atoms with Gasteiger partial charge in [0, 0.05) is 6.04 Å². The largest absolute Gasteiger partial charge is 0.483 e. The summed E-state index contributed by atoms with van der Waals surface area (Å²) in [5.41, 5.74) is 0. The van der Waals surface area contributed by atoms with Crippen molar-refractivity contribution in [3.63, 3.8) is 0 Å². The van der Waals surface area contributed by atoms with Crippen molar-refractivity contribution in [2.24, 2.45) is 0 Å². The predicted octanol–water partition coefficient (Wildman–Crippen LogP) is 5.62. The van der Waals surface area contributed by atoms with E-state index in [1.54, 1.807) is 0 Å². The van der Waals surface area contributed by atoms with E-state index >= 15 is 0 Å². The molecule has 0 spiro atoms. The predicted molar refractivity (Wildman–Crippen MR) is 102 cm³/mol. The lowest BCUT2D eigenvalue weighted by Crippen LogP contribution is -2.38. The molecule has 24 heavy (non-hydrogen) atoms. The summed E-state index contributed by atoms with van der Waals surface area (Å²) in [7, 11) is 0. The van der Waals surface area contributed by atoms with Crippen molar-refractivity contribution in [1.82, 2.24) is 5.32 Å². The molecule has 1 saturated carbocycles. The number of ether oxygens (including phenoxy) is 1. The highest BCUT2D eigenvalue weighted by Gasteiger charge is 2.13. The molecule has 0 heterocycles. The zero-order chi connectivity index (χ0) is 17.0. The van der Waals surface area contributed by atoms with Crippen molar-refractivity contribution in [2.75, 3.05) is 6.61 Å². The number of para-hydroxylation sites is 1. The molecule has 1 N–H and O–H groups in total. The Morgan fingerprint density at radius 1 is 0.958 bits per heavy atom. The summed E-state index contributed by atoms with van der Waals surface area (Å²) in [6, 6.07) is 7.93. The quantitative estimate of drug-likeness (QED) is 0.718. The van der Waals surface area contributed by atoms with Crippen molar-refractivity contribution in [3.8, 4) is 5.75 Å². The van der Waals surface area contributed by atoms with Crippen molar-refractivity contribution in [1.29, 1.82) is 0 Å². The Kier molecular flexibility index (Phi) is 9.26. The van der Waals surface area contributed by atoms with Gasteiger partial charge in [-0.05, 0) is 40.9 Å². The zero-order valence-electron chi connectivity index (χ0n) is 14.6. The topological polar surface area (TPSA) is 38.3 Å². The summed E-state index contributed by atoms with van der Waals surface area (Å²) in [6.07, 6.45) is 14.0. The third-order valence-electron chi connectivity index (χ3n) is 4.67. The fourth-order valence-electron chi connectivity index (χ4n) is 3.28. The Hall–Kier alpha value is -1.03. The molecule has 1 aliphatic rings. The minimum atomic E-state index is -0.0113. The van der Waals surface area contributed by atoms with Crippen LogP contribution in [0.5, 0.6) is 5.75 Å². The van der Waals surface area contributed by atoms with Crippen LogP contribution >= 0.6 is 15.9 Å². The van der Waals surface area contributed by atoms with Crippen LogP contribution in [0.2, 0.25) is 0 Å². The third kappa shape index (κ3) is 7.69. The monoisotopic (exact) mass is 395 g/mol. The van der Waals surface area contributed by atoms with E-state index in [1.807, 2.05) is 24.3 Å². The van der Waals surface area contributed by atoms with Crippen LogP contribution in [0.15, 0.2) is 28.7 Å². The summed E-state index contributed by atoms with van der Waals surface area (Å²) in [4.78, 5) is 12.2. The van der Waals surface area contributed by atoms with E-state index in [-0.39, 0.29) is 12.5 Å². The van der Waals surface area contributed by atoms with Gasteiger partial charge in [0.15, 0.2) is 6.61 Å². The molecular weight excluding hydrogens is 366 g/mol. The molecule has 4 heteroatoms. The minimum Gasteiger partial charge on any atom is -0.483 e. The van der Waals surface area contributed by atoms with Gasteiger partial charge in [0.1, 0.15) is 5.75 Å². The van der Waals surface area contributed by atoms with Crippen LogP contribution in [0.4, 0.5) is 0 Å². The van der Waals surface area contributed by atoms with Gasteiger partial charge in [0.2, 0.25) is 0 Å². The van der Waals surface area contributed by atoms with E-state index in [0.717, 1.165) is 17.3 Å². The normalized spacial score (nSPS) is 18.2. The Morgan fingerprint density at radius 2 is 1.50 bits per heavy atom. The van der Waals surface area contributed by atoms with Crippen LogP contribution in [0, 0.1) is 0 Å². The lowest BCUT2D eigenvalue weighted by molar-refractivity contribution is -0.123. The van der Waals surface area contributed by atoms with E-state index in [9.17, 15) is 4.79 Å². The molecule has 1 aliphatic carbocycles.